The average molecular weight is 278 g/mol. The molecule has 0 aromatic heterocycles. The molecule has 0 atom stereocenters. The monoisotopic (exact) mass is 278 g/mol. The maximum absolute atomic E-state index is 5.56. The van der Waals surface area contributed by atoms with Crippen molar-refractivity contribution in [1.82, 2.24) is 0 Å². The quantitative estimate of drug-likeness (QED) is 0.701. The Morgan fingerprint density at radius 3 is 1.90 bits per heavy atom. The van der Waals surface area contributed by atoms with Gasteiger partial charge < -0.3 is 9.47 Å². The van der Waals surface area contributed by atoms with Crippen LogP contribution >= 0.6 is 0 Å². The van der Waals surface area contributed by atoms with Crippen LogP contribution in [0, 0.1) is 0 Å². The number of allylic oxidation sites excluding steroid dienone is 2. The molecule has 1 saturated heterocycles. The largest absolute Gasteiger partial charge is 0.346 e. The lowest BCUT2D eigenvalue weighted by atomic mass is 9.97. The summed E-state index contributed by atoms with van der Waals surface area (Å²) in [6.45, 7) is 15.8. The van der Waals surface area contributed by atoms with Crippen LogP contribution in [0.4, 0.5) is 0 Å². The molecule has 1 heterocycles. The molecule has 1 fully saturated rings. The van der Waals surface area contributed by atoms with Crippen LogP contribution in [0.1, 0.15) is 65.9 Å². The highest BCUT2D eigenvalue weighted by atomic mass is 16.7. The fourth-order valence-electron chi connectivity index (χ4n) is 1.85. The fraction of sp³-hybridized carbons (Fsp3) is 0.556. The first kappa shape index (κ1) is 18.9. The van der Waals surface area contributed by atoms with E-state index in [1.165, 1.54) is 16.7 Å². The second-order valence-corrected chi connectivity index (χ2v) is 4.29. The summed E-state index contributed by atoms with van der Waals surface area (Å²) in [5, 5.41) is 0. The Labute approximate surface area is 124 Å². The predicted molar refractivity (Wildman–Crippen MR) is 87.7 cm³/mol. The van der Waals surface area contributed by atoms with E-state index in [0.717, 1.165) is 5.56 Å². The van der Waals surface area contributed by atoms with Gasteiger partial charge >= 0.3 is 0 Å². The number of benzene rings is 1. The number of rotatable bonds is 2. The van der Waals surface area contributed by atoms with Crippen molar-refractivity contribution in [3.63, 3.8) is 0 Å². The van der Waals surface area contributed by atoms with Crippen molar-refractivity contribution in [3.05, 3.63) is 41.0 Å². The van der Waals surface area contributed by atoms with Gasteiger partial charge in [-0.25, -0.2) is 0 Å². The first-order chi connectivity index (χ1) is 9.70. The molecule has 2 nitrogen and oxygen atoms in total. The minimum absolute atomic E-state index is 0.189. The van der Waals surface area contributed by atoms with Crippen LogP contribution in [0.25, 0.3) is 5.57 Å². The molecular formula is C18H30O2. The van der Waals surface area contributed by atoms with Gasteiger partial charge in [0.25, 0.3) is 0 Å². The summed E-state index contributed by atoms with van der Waals surface area (Å²) in [5.74, 6) is 0. The Morgan fingerprint density at radius 1 is 0.900 bits per heavy atom. The van der Waals surface area contributed by atoms with Gasteiger partial charge in [-0.05, 0) is 31.9 Å². The third kappa shape index (κ3) is 5.10. The lowest BCUT2D eigenvalue weighted by Crippen LogP contribution is -2.02. The smallest absolute Gasteiger partial charge is 0.184 e. The summed E-state index contributed by atoms with van der Waals surface area (Å²) in [6, 6.07) is 8.29. The summed E-state index contributed by atoms with van der Waals surface area (Å²) in [5.41, 5.74) is 4.99. The summed E-state index contributed by atoms with van der Waals surface area (Å²) >= 11 is 0. The van der Waals surface area contributed by atoms with Crippen molar-refractivity contribution in [2.24, 2.45) is 0 Å². The highest BCUT2D eigenvalue weighted by molar-refractivity contribution is 5.69. The van der Waals surface area contributed by atoms with Crippen molar-refractivity contribution in [2.75, 3.05) is 13.2 Å². The molecule has 2 heteroatoms. The van der Waals surface area contributed by atoms with E-state index in [1.54, 1.807) is 0 Å². The minimum Gasteiger partial charge on any atom is -0.346 e. The number of hydrogen-bond donors (Lipinski definition) is 0. The standard InChI is InChI=1S/C14H18O2.2C2H6/c1-10(2)11(3)12-6-4-5-7-13(12)14-15-8-9-16-14;2*1-2/h4-7,14H,8-9H2,1-3H3;2*1-2H3. The molecule has 20 heavy (non-hydrogen) atoms. The van der Waals surface area contributed by atoms with E-state index in [9.17, 15) is 0 Å². The number of ether oxygens (including phenoxy) is 2. The lowest BCUT2D eigenvalue weighted by molar-refractivity contribution is -0.0442. The predicted octanol–water partition coefficient (Wildman–Crippen LogP) is 5.60. The van der Waals surface area contributed by atoms with Crippen molar-refractivity contribution in [2.45, 2.75) is 54.8 Å². The lowest BCUT2D eigenvalue weighted by Gasteiger charge is -2.15. The van der Waals surface area contributed by atoms with E-state index in [1.807, 2.05) is 33.8 Å². The van der Waals surface area contributed by atoms with E-state index < -0.39 is 0 Å². The highest BCUT2D eigenvalue weighted by Crippen LogP contribution is 2.31. The molecule has 2 rings (SSSR count). The van der Waals surface area contributed by atoms with Crippen LogP contribution in [-0.2, 0) is 9.47 Å². The van der Waals surface area contributed by atoms with Crippen LogP contribution < -0.4 is 0 Å². The van der Waals surface area contributed by atoms with Crippen molar-refractivity contribution < 1.29 is 9.47 Å². The molecule has 0 N–H and O–H groups in total. The van der Waals surface area contributed by atoms with Gasteiger partial charge in [0, 0.05) is 5.56 Å². The molecule has 0 bridgehead atoms. The van der Waals surface area contributed by atoms with E-state index in [2.05, 4.69) is 39.0 Å². The number of hydrogen-bond acceptors (Lipinski definition) is 2. The molecule has 1 aliphatic rings. The van der Waals surface area contributed by atoms with Crippen molar-refractivity contribution in [1.29, 1.82) is 0 Å². The average Bonchev–Trinajstić information content (AvgIpc) is 3.04. The second kappa shape index (κ2) is 10.6. The van der Waals surface area contributed by atoms with Gasteiger partial charge in [-0.2, -0.15) is 0 Å². The zero-order valence-electron chi connectivity index (χ0n) is 14.1. The van der Waals surface area contributed by atoms with Gasteiger partial charge in [-0.1, -0.05) is 57.5 Å². The molecule has 0 spiro atoms. The van der Waals surface area contributed by atoms with E-state index >= 15 is 0 Å². The SMILES string of the molecule is CC.CC.CC(C)=C(C)c1ccccc1C1OCCO1. The Morgan fingerprint density at radius 2 is 1.40 bits per heavy atom. The second-order valence-electron chi connectivity index (χ2n) is 4.29. The molecular weight excluding hydrogens is 248 g/mol. The third-order valence-corrected chi connectivity index (χ3v) is 2.99. The summed E-state index contributed by atoms with van der Waals surface area (Å²) in [6.07, 6.45) is -0.189. The zero-order chi connectivity index (χ0) is 15.5. The van der Waals surface area contributed by atoms with Crippen LogP contribution in [0.5, 0.6) is 0 Å². The molecule has 0 amide bonds. The minimum atomic E-state index is -0.189. The van der Waals surface area contributed by atoms with Crippen molar-refractivity contribution in [3.8, 4) is 0 Å². The molecule has 0 aliphatic carbocycles. The zero-order valence-corrected chi connectivity index (χ0v) is 14.1. The molecule has 0 radical (unpaired) electrons. The fourth-order valence-corrected chi connectivity index (χ4v) is 1.85. The Hall–Kier alpha value is -1.12. The summed E-state index contributed by atoms with van der Waals surface area (Å²) in [4.78, 5) is 0. The Kier molecular flexibility index (Phi) is 10.0. The van der Waals surface area contributed by atoms with Crippen LogP contribution in [0.15, 0.2) is 29.8 Å². The first-order valence-electron chi connectivity index (χ1n) is 7.66. The van der Waals surface area contributed by atoms with Crippen molar-refractivity contribution >= 4 is 5.57 Å². The molecule has 114 valence electrons. The van der Waals surface area contributed by atoms with Crippen LogP contribution in [0.2, 0.25) is 0 Å². The normalized spacial score (nSPS) is 13.8. The van der Waals surface area contributed by atoms with E-state index in [4.69, 9.17) is 9.47 Å². The molecule has 1 aliphatic heterocycles. The summed E-state index contributed by atoms with van der Waals surface area (Å²) < 4.78 is 11.1. The Balaban J connectivity index is 0.000000829. The maximum Gasteiger partial charge on any atom is 0.184 e. The van der Waals surface area contributed by atoms with Gasteiger partial charge in [0.15, 0.2) is 6.29 Å². The highest BCUT2D eigenvalue weighted by Gasteiger charge is 2.21. The van der Waals surface area contributed by atoms with Crippen LogP contribution in [0.3, 0.4) is 0 Å². The van der Waals surface area contributed by atoms with E-state index in [-0.39, 0.29) is 6.29 Å². The molecule has 0 unspecified atom stereocenters. The van der Waals surface area contributed by atoms with E-state index in [0.29, 0.717) is 13.2 Å². The molecule has 1 aromatic rings. The topological polar surface area (TPSA) is 18.5 Å². The van der Waals surface area contributed by atoms with Crippen LogP contribution in [-0.4, -0.2) is 13.2 Å². The molecule has 0 saturated carbocycles. The van der Waals surface area contributed by atoms with Gasteiger partial charge in [-0.15, -0.1) is 0 Å². The maximum atomic E-state index is 5.56. The van der Waals surface area contributed by atoms with Gasteiger partial charge in [0.1, 0.15) is 0 Å². The first-order valence-corrected chi connectivity index (χ1v) is 7.66. The summed E-state index contributed by atoms with van der Waals surface area (Å²) in [7, 11) is 0. The third-order valence-electron chi connectivity index (χ3n) is 2.99. The van der Waals surface area contributed by atoms with Gasteiger partial charge in [0.05, 0.1) is 13.2 Å². The van der Waals surface area contributed by atoms with Gasteiger partial charge in [0.2, 0.25) is 0 Å². The molecule has 1 aromatic carbocycles. The van der Waals surface area contributed by atoms with Gasteiger partial charge in [-0.3, -0.25) is 0 Å². The Bertz CT molecular complexity index is 398.